The quantitative estimate of drug-likeness (QED) is 0.600. The summed E-state index contributed by atoms with van der Waals surface area (Å²) in [6, 6.07) is 0. The standard InChI is InChI=1S/C13H28N2O3S2/c1-3-4-9-18-10-6-14-5-7-15-8-11-19-12-13(15)20(2,16)17/h13-14H,3-12H2,1-2H3. The van der Waals surface area contributed by atoms with Gasteiger partial charge in [-0.25, -0.2) is 8.42 Å². The van der Waals surface area contributed by atoms with Crippen LogP contribution in [0, 0.1) is 0 Å². The van der Waals surface area contributed by atoms with E-state index in [9.17, 15) is 8.42 Å². The zero-order valence-electron chi connectivity index (χ0n) is 12.6. The highest BCUT2D eigenvalue weighted by atomic mass is 32.2. The Hall–Kier alpha value is 0.180. The van der Waals surface area contributed by atoms with E-state index in [-0.39, 0.29) is 5.37 Å². The van der Waals surface area contributed by atoms with Gasteiger partial charge >= 0.3 is 0 Å². The van der Waals surface area contributed by atoms with E-state index in [0.717, 1.165) is 58.0 Å². The minimum Gasteiger partial charge on any atom is -0.380 e. The second kappa shape index (κ2) is 10.00. The number of nitrogens with zero attached hydrogens (tertiary/aromatic N) is 1. The zero-order valence-corrected chi connectivity index (χ0v) is 14.3. The lowest BCUT2D eigenvalue weighted by Crippen LogP contribution is -2.49. The molecule has 0 aliphatic carbocycles. The van der Waals surface area contributed by atoms with Crippen LogP contribution >= 0.6 is 11.8 Å². The average molecular weight is 325 g/mol. The summed E-state index contributed by atoms with van der Waals surface area (Å²) in [5.74, 6) is 1.71. The number of rotatable bonds is 10. The molecule has 0 aromatic heterocycles. The minimum atomic E-state index is -2.98. The van der Waals surface area contributed by atoms with Gasteiger partial charge in [0.25, 0.3) is 0 Å². The Morgan fingerprint density at radius 1 is 1.35 bits per heavy atom. The van der Waals surface area contributed by atoms with E-state index in [2.05, 4.69) is 17.1 Å². The first-order valence-corrected chi connectivity index (χ1v) is 10.5. The monoisotopic (exact) mass is 324 g/mol. The van der Waals surface area contributed by atoms with Crippen LogP contribution in [0.5, 0.6) is 0 Å². The zero-order chi connectivity index (χ0) is 14.8. The van der Waals surface area contributed by atoms with Crippen molar-refractivity contribution in [2.24, 2.45) is 0 Å². The largest absolute Gasteiger partial charge is 0.380 e. The Morgan fingerprint density at radius 2 is 2.15 bits per heavy atom. The molecule has 1 aliphatic rings. The average Bonchev–Trinajstić information content (AvgIpc) is 2.41. The fourth-order valence-corrected chi connectivity index (χ4v) is 5.08. The summed E-state index contributed by atoms with van der Waals surface area (Å²) in [5.41, 5.74) is 0. The van der Waals surface area contributed by atoms with E-state index < -0.39 is 9.84 Å². The first kappa shape index (κ1) is 18.2. The van der Waals surface area contributed by atoms with E-state index in [1.807, 2.05) is 0 Å². The number of thioether (sulfide) groups is 1. The Morgan fingerprint density at radius 3 is 2.85 bits per heavy atom. The number of unbranched alkanes of at least 4 members (excludes halogenated alkanes) is 1. The fraction of sp³-hybridized carbons (Fsp3) is 1.00. The van der Waals surface area contributed by atoms with Crippen LogP contribution in [-0.4, -0.2) is 75.8 Å². The summed E-state index contributed by atoms with van der Waals surface area (Å²) in [4.78, 5) is 2.08. The normalized spacial score (nSPS) is 21.2. The molecule has 1 rings (SSSR count). The molecule has 0 radical (unpaired) electrons. The second-order valence-corrected chi connectivity index (χ2v) is 8.46. The molecule has 0 amide bonds. The van der Waals surface area contributed by atoms with Gasteiger partial charge in [-0.1, -0.05) is 13.3 Å². The van der Waals surface area contributed by atoms with Gasteiger partial charge in [0.15, 0.2) is 9.84 Å². The topological polar surface area (TPSA) is 58.6 Å². The molecule has 0 spiro atoms. The van der Waals surface area contributed by atoms with Gasteiger partial charge in [0, 0.05) is 50.5 Å². The lowest BCUT2D eigenvalue weighted by atomic mass is 10.4. The predicted molar refractivity (Wildman–Crippen MR) is 86.1 cm³/mol. The number of hydrogen-bond acceptors (Lipinski definition) is 6. The summed E-state index contributed by atoms with van der Waals surface area (Å²) in [7, 11) is -2.98. The number of sulfone groups is 1. The van der Waals surface area contributed by atoms with Crippen LogP contribution in [0.15, 0.2) is 0 Å². The number of hydrogen-bond donors (Lipinski definition) is 1. The molecular weight excluding hydrogens is 296 g/mol. The van der Waals surface area contributed by atoms with Crippen molar-refractivity contribution in [1.29, 1.82) is 0 Å². The Labute approximate surface area is 127 Å². The van der Waals surface area contributed by atoms with E-state index in [4.69, 9.17) is 4.74 Å². The summed E-state index contributed by atoms with van der Waals surface area (Å²) in [6.07, 6.45) is 3.61. The van der Waals surface area contributed by atoms with Crippen molar-refractivity contribution >= 4 is 21.6 Å². The molecule has 1 N–H and O–H groups in total. The summed E-state index contributed by atoms with van der Waals surface area (Å²) < 4.78 is 28.9. The Bertz CT molecular complexity index is 350. The molecule has 1 saturated heterocycles. The first-order chi connectivity index (χ1) is 9.55. The molecule has 20 heavy (non-hydrogen) atoms. The Balaban J connectivity index is 2.13. The smallest absolute Gasteiger partial charge is 0.164 e. The molecule has 0 aromatic carbocycles. The maximum absolute atomic E-state index is 11.7. The van der Waals surface area contributed by atoms with Crippen molar-refractivity contribution in [3.05, 3.63) is 0 Å². The highest BCUT2D eigenvalue weighted by Gasteiger charge is 2.30. The van der Waals surface area contributed by atoms with Crippen molar-refractivity contribution in [2.45, 2.75) is 25.1 Å². The van der Waals surface area contributed by atoms with Crippen LogP contribution < -0.4 is 5.32 Å². The fourth-order valence-electron chi connectivity index (χ4n) is 2.11. The van der Waals surface area contributed by atoms with Gasteiger partial charge in [-0.15, -0.1) is 0 Å². The molecule has 1 fully saturated rings. The van der Waals surface area contributed by atoms with Gasteiger partial charge in [-0.3, -0.25) is 4.90 Å². The number of nitrogens with one attached hydrogen (secondary N) is 1. The van der Waals surface area contributed by atoms with E-state index in [0.29, 0.717) is 5.75 Å². The molecule has 0 saturated carbocycles. The van der Waals surface area contributed by atoms with Gasteiger partial charge in [0.1, 0.15) is 5.37 Å². The minimum absolute atomic E-state index is 0.316. The summed E-state index contributed by atoms with van der Waals surface area (Å²) in [5, 5.41) is 3.00. The molecule has 120 valence electrons. The molecule has 0 bridgehead atoms. The van der Waals surface area contributed by atoms with Crippen molar-refractivity contribution in [3.63, 3.8) is 0 Å². The highest BCUT2D eigenvalue weighted by Crippen LogP contribution is 2.19. The van der Waals surface area contributed by atoms with Crippen LogP contribution in [0.3, 0.4) is 0 Å². The van der Waals surface area contributed by atoms with Gasteiger partial charge in [0.05, 0.1) is 6.61 Å². The van der Waals surface area contributed by atoms with Crippen molar-refractivity contribution in [3.8, 4) is 0 Å². The highest BCUT2D eigenvalue weighted by molar-refractivity contribution is 8.00. The lowest BCUT2D eigenvalue weighted by Gasteiger charge is -2.33. The molecule has 1 heterocycles. The van der Waals surface area contributed by atoms with E-state index >= 15 is 0 Å². The third-order valence-electron chi connectivity index (χ3n) is 3.33. The van der Waals surface area contributed by atoms with Crippen molar-refractivity contribution in [2.75, 3.05) is 57.2 Å². The summed E-state index contributed by atoms with van der Waals surface area (Å²) >= 11 is 1.73. The predicted octanol–water partition coefficient (Wildman–Crippen LogP) is 0.812. The lowest BCUT2D eigenvalue weighted by molar-refractivity contribution is 0.132. The first-order valence-electron chi connectivity index (χ1n) is 7.35. The second-order valence-electron chi connectivity index (χ2n) is 5.11. The molecule has 1 unspecified atom stereocenters. The Kier molecular flexibility index (Phi) is 9.11. The van der Waals surface area contributed by atoms with Crippen molar-refractivity contribution < 1.29 is 13.2 Å². The maximum Gasteiger partial charge on any atom is 0.164 e. The van der Waals surface area contributed by atoms with Gasteiger partial charge in [-0.2, -0.15) is 11.8 Å². The van der Waals surface area contributed by atoms with E-state index in [1.54, 1.807) is 11.8 Å². The third-order valence-corrected chi connectivity index (χ3v) is 6.01. The van der Waals surface area contributed by atoms with Crippen LogP contribution in [0.4, 0.5) is 0 Å². The number of ether oxygens (including phenoxy) is 1. The molecular formula is C13H28N2O3S2. The molecule has 1 aliphatic heterocycles. The van der Waals surface area contributed by atoms with Crippen LogP contribution in [0.2, 0.25) is 0 Å². The van der Waals surface area contributed by atoms with Crippen molar-refractivity contribution in [1.82, 2.24) is 10.2 Å². The van der Waals surface area contributed by atoms with Gasteiger partial charge < -0.3 is 10.1 Å². The molecule has 1 atom stereocenters. The van der Waals surface area contributed by atoms with E-state index in [1.165, 1.54) is 6.26 Å². The summed E-state index contributed by atoms with van der Waals surface area (Å²) in [6.45, 7) is 6.99. The maximum atomic E-state index is 11.7. The SMILES string of the molecule is CCCCOCCNCCN1CCSCC1S(C)(=O)=O. The van der Waals surface area contributed by atoms with Crippen LogP contribution in [0.25, 0.3) is 0 Å². The van der Waals surface area contributed by atoms with Gasteiger partial charge in [0.2, 0.25) is 0 Å². The van der Waals surface area contributed by atoms with Crippen LogP contribution in [0.1, 0.15) is 19.8 Å². The molecule has 0 aromatic rings. The molecule has 7 heteroatoms. The third kappa shape index (κ3) is 7.26. The molecule has 5 nitrogen and oxygen atoms in total. The van der Waals surface area contributed by atoms with Gasteiger partial charge in [-0.05, 0) is 6.42 Å². The van der Waals surface area contributed by atoms with Crippen LogP contribution in [-0.2, 0) is 14.6 Å².